The van der Waals surface area contributed by atoms with E-state index in [0.29, 0.717) is 22.8 Å². The van der Waals surface area contributed by atoms with Gasteiger partial charge in [0.05, 0.1) is 13.0 Å². The number of ether oxygens (including phenoxy) is 4. The van der Waals surface area contributed by atoms with E-state index >= 15 is 0 Å². The van der Waals surface area contributed by atoms with Crippen molar-refractivity contribution in [1.29, 1.82) is 5.26 Å². The highest BCUT2D eigenvalue weighted by Crippen LogP contribution is 2.43. The molecule has 0 spiro atoms. The normalized spacial score (nSPS) is 14.5. The molecule has 0 saturated carbocycles. The summed E-state index contributed by atoms with van der Waals surface area (Å²) in [6.07, 6.45) is 0. The monoisotopic (exact) mass is 442 g/mol. The number of rotatable bonds is 6. The predicted octanol–water partition coefficient (Wildman–Crippen LogP) is 4.21. The van der Waals surface area contributed by atoms with Crippen molar-refractivity contribution in [1.82, 2.24) is 0 Å². The lowest BCUT2D eigenvalue weighted by Crippen LogP contribution is -2.21. The third-order valence-corrected chi connectivity index (χ3v) is 5.25. The van der Waals surface area contributed by atoms with E-state index in [2.05, 4.69) is 6.07 Å². The van der Waals surface area contributed by atoms with Crippen LogP contribution in [0.1, 0.15) is 22.6 Å². The van der Waals surface area contributed by atoms with Crippen molar-refractivity contribution < 1.29 is 23.7 Å². The quantitative estimate of drug-likeness (QED) is 0.450. The van der Waals surface area contributed by atoms with E-state index in [4.69, 9.17) is 24.7 Å². The van der Waals surface area contributed by atoms with Crippen molar-refractivity contribution in [3.05, 3.63) is 94.9 Å². The lowest BCUT2D eigenvalue weighted by atomic mass is 9.83. The van der Waals surface area contributed by atoms with Crippen molar-refractivity contribution in [2.24, 2.45) is 5.73 Å². The fourth-order valence-corrected chi connectivity index (χ4v) is 3.58. The van der Waals surface area contributed by atoms with Gasteiger partial charge in [0.15, 0.2) is 6.61 Å². The highest BCUT2D eigenvalue weighted by Gasteiger charge is 2.31. The minimum absolute atomic E-state index is 0.0111. The number of carbonyl (C=O) groups is 1. The molecule has 0 amide bonds. The Kier molecular flexibility index (Phi) is 6.18. The first kappa shape index (κ1) is 21.8. The number of esters is 1. The van der Waals surface area contributed by atoms with Crippen LogP contribution in [0.5, 0.6) is 23.0 Å². The highest BCUT2D eigenvalue weighted by atomic mass is 16.6. The van der Waals surface area contributed by atoms with Gasteiger partial charge in [-0.2, -0.15) is 5.26 Å². The van der Waals surface area contributed by atoms with Crippen molar-refractivity contribution in [3.8, 4) is 29.1 Å². The highest BCUT2D eigenvalue weighted by molar-refractivity contribution is 5.74. The molecule has 7 heteroatoms. The molecule has 166 valence electrons. The van der Waals surface area contributed by atoms with Gasteiger partial charge < -0.3 is 24.7 Å². The van der Waals surface area contributed by atoms with Crippen LogP contribution in [0.15, 0.2) is 78.2 Å². The first-order chi connectivity index (χ1) is 16.0. The van der Waals surface area contributed by atoms with Gasteiger partial charge in [-0.1, -0.05) is 35.9 Å². The standard InChI is InChI=1S/C26H22N2O5/c1-16-3-7-19(8-4-16)31-15-24(29)32-20-11-12-21-23(13-20)33-26(28)22(14-27)25(21)17-5-9-18(30-2)10-6-17/h3-13,25H,15,28H2,1-2H3. The molecule has 0 saturated heterocycles. The minimum atomic E-state index is -0.556. The Morgan fingerprint density at radius 1 is 1.03 bits per heavy atom. The van der Waals surface area contributed by atoms with Crippen LogP contribution in [-0.2, 0) is 4.79 Å². The number of aryl methyl sites for hydroxylation is 1. The molecule has 0 aromatic heterocycles. The summed E-state index contributed by atoms with van der Waals surface area (Å²) in [7, 11) is 1.59. The molecule has 1 atom stereocenters. The van der Waals surface area contributed by atoms with E-state index in [-0.39, 0.29) is 18.2 Å². The van der Waals surface area contributed by atoms with E-state index in [9.17, 15) is 10.1 Å². The second-order valence-electron chi connectivity index (χ2n) is 7.47. The van der Waals surface area contributed by atoms with E-state index in [1.165, 1.54) is 0 Å². The summed E-state index contributed by atoms with van der Waals surface area (Å²) >= 11 is 0. The number of hydrogen-bond acceptors (Lipinski definition) is 7. The zero-order valence-corrected chi connectivity index (χ0v) is 18.2. The zero-order valence-electron chi connectivity index (χ0n) is 18.2. The van der Waals surface area contributed by atoms with E-state index < -0.39 is 11.9 Å². The SMILES string of the molecule is COc1ccc(C2C(C#N)=C(N)Oc3cc(OC(=O)COc4ccc(C)cc4)ccc32)cc1. The van der Waals surface area contributed by atoms with Gasteiger partial charge in [0.2, 0.25) is 5.88 Å². The van der Waals surface area contributed by atoms with Gasteiger partial charge in [-0.05, 0) is 42.8 Å². The van der Waals surface area contributed by atoms with Crippen LogP contribution in [-0.4, -0.2) is 19.7 Å². The number of nitrogens with zero attached hydrogens (tertiary/aromatic N) is 1. The Hall–Kier alpha value is -4.44. The minimum Gasteiger partial charge on any atom is -0.497 e. The Morgan fingerprint density at radius 2 is 1.70 bits per heavy atom. The molecular weight excluding hydrogens is 420 g/mol. The number of fused-ring (bicyclic) bond motifs is 1. The van der Waals surface area contributed by atoms with Gasteiger partial charge in [-0.3, -0.25) is 0 Å². The number of benzene rings is 3. The van der Waals surface area contributed by atoms with Gasteiger partial charge in [0.25, 0.3) is 0 Å². The predicted molar refractivity (Wildman–Crippen MR) is 121 cm³/mol. The van der Waals surface area contributed by atoms with Crippen LogP contribution in [0.4, 0.5) is 0 Å². The molecule has 2 N–H and O–H groups in total. The van der Waals surface area contributed by atoms with Gasteiger partial charge >= 0.3 is 5.97 Å². The van der Waals surface area contributed by atoms with Crippen molar-refractivity contribution in [3.63, 3.8) is 0 Å². The average molecular weight is 442 g/mol. The third-order valence-electron chi connectivity index (χ3n) is 5.25. The smallest absolute Gasteiger partial charge is 0.349 e. The molecule has 0 fully saturated rings. The average Bonchev–Trinajstić information content (AvgIpc) is 2.83. The van der Waals surface area contributed by atoms with Crippen molar-refractivity contribution in [2.45, 2.75) is 12.8 Å². The van der Waals surface area contributed by atoms with Crippen molar-refractivity contribution in [2.75, 3.05) is 13.7 Å². The van der Waals surface area contributed by atoms with Gasteiger partial charge in [-0.15, -0.1) is 0 Å². The molecule has 1 aliphatic heterocycles. The molecule has 1 unspecified atom stereocenters. The molecule has 4 rings (SSSR count). The number of carbonyl (C=O) groups excluding carboxylic acids is 1. The van der Waals surface area contributed by atoms with Gasteiger partial charge in [0.1, 0.15) is 34.6 Å². The molecule has 7 nitrogen and oxygen atoms in total. The number of nitriles is 1. The zero-order chi connectivity index (χ0) is 23.4. The molecule has 1 heterocycles. The lowest BCUT2D eigenvalue weighted by Gasteiger charge is -2.26. The molecule has 0 bridgehead atoms. The fraction of sp³-hybridized carbons (Fsp3) is 0.154. The van der Waals surface area contributed by atoms with Crippen LogP contribution in [0.25, 0.3) is 0 Å². The first-order valence-electron chi connectivity index (χ1n) is 10.2. The van der Waals surface area contributed by atoms with Gasteiger partial charge in [0, 0.05) is 11.6 Å². The summed E-state index contributed by atoms with van der Waals surface area (Å²) in [5.41, 5.74) is 9.05. The summed E-state index contributed by atoms with van der Waals surface area (Å²) < 4.78 is 21.8. The Balaban J connectivity index is 1.53. The Morgan fingerprint density at radius 3 is 2.36 bits per heavy atom. The molecular formula is C26H22N2O5. The fourth-order valence-electron chi connectivity index (χ4n) is 3.58. The first-order valence-corrected chi connectivity index (χ1v) is 10.2. The Labute approximate surface area is 191 Å². The second kappa shape index (κ2) is 9.37. The molecule has 33 heavy (non-hydrogen) atoms. The number of allylic oxidation sites excluding steroid dienone is 1. The Bertz CT molecular complexity index is 1240. The van der Waals surface area contributed by atoms with Crippen LogP contribution in [0.3, 0.4) is 0 Å². The maximum atomic E-state index is 12.3. The summed E-state index contributed by atoms with van der Waals surface area (Å²) in [4.78, 5) is 12.3. The van der Waals surface area contributed by atoms with Gasteiger partial charge in [-0.25, -0.2) is 4.79 Å². The largest absolute Gasteiger partial charge is 0.497 e. The summed E-state index contributed by atoms with van der Waals surface area (Å²) in [5.74, 6) is 1.02. The number of methoxy groups -OCH3 is 1. The number of nitrogens with two attached hydrogens (primary N) is 1. The van der Waals surface area contributed by atoms with E-state index in [1.54, 1.807) is 37.4 Å². The summed E-state index contributed by atoms with van der Waals surface area (Å²) in [6, 6.07) is 21.9. The molecule has 0 radical (unpaired) electrons. The van der Waals surface area contributed by atoms with Crippen molar-refractivity contribution >= 4 is 5.97 Å². The number of hydrogen-bond donors (Lipinski definition) is 1. The van der Waals surface area contributed by atoms with Crippen LogP contribution in [0, 0.1) is 18.3 Å². The maximum Gasteiger partial charge on any atom is 0.349 e. The topological polar surface area (TPSA) is 104 Å². The second-order valence-corrected chi connectivity index (χ2v) is 7.47. The maximum absolute atomic E-state index is 12.3. The summed E-state index contributed by atoms with van der Waals surface area (Å²) in [5, 5.41) is 9.69. The molecule has 1 aliphatic rings. The molecule has 3 aromatic carbocycles. The molecule has 0 aliphatic carbocycles. The van der Waals surface area contributed by atoms with E-state index in [1.807, 2.05) is 43.3 Å². The summed E-state index contributed by atoms with van der Waals surface area (Å²) in [6.45, 7) is 1.73. The third kappa shape index (κ3) is 4.75. The molecule has 3 aromatic rings. The van der Waals surface area contributed by atoms with Crippen LogP contribution >= 0.6 is 0 Å². The lowest BCUT2D eigenvalue weighted by molar-refractivity contribution is -0.136. The van der Waals surface area contributed by atoms with E-state index in [0.717, 1.165) is 16.7 Å². The van der Waals surface area contributed by atoms with Crippen LogP contribution in [0.2, 0.25) is 0 Å². The van der Waals surface area contributed by atoms with Crippen LogP contribution < -0.4 is 24.7 Å².